The van der Waals surface area contributed by atoms with E-state index in [2.05, 4.69) is 47.3 Å². The van der Waals surface area contributed by atoms with Crippen molar-refractivity contribution in [1.82, 2.24) is 19.9 Å². The van der Waals surface area contributed by atoms with Crippen LogP contribution in [0.3, 0.4) is 0 Å². The number of hydrogen-bond acceptors (Lipinski definition) is 6. The highest BCUT2D eigenvalue weighted by atomic mass is 32.1. The average Bonchev–Trinajstić information content (AvgIpc) is 3.04. The number of aromatic nitrogens is 3. The second-order valence-corrected chi connectivity index (χ2v) is 7.76. The van der Waals surface area contributed by atoms with Crippen molar-refractivity contribution in [2.24, 2.45) is 0 Å². The standard InChI is InChI=1S/C20H19N5OS/c1-11-7-12(2)9-14(8-11)22-20-21-10-13-5-6-15-17(16(13)24-20)27-18(23-15)19(26)25(3)4/h5-10H,1-4H3,(H,21,22,24). The van der Waals surface area contributed by atoms with Gasteiger partial charge in [0.05, 0.1) is 15.7 Å². The van der Waals surface area contributed by atoms with Crippen LogP contribution in [0.5, 0.6) is 0 Å². The molecule has 0 spiro atoms. The fourth-order valence-electron chi connectivity index (χ4n) is 3.00. The van der Waals surface area contributed by atoms with Gasteiger partial charge in [0.15, 0.2) is 5.01 Å². The number of benzene rings is 2. The van der Waals surface area contributed by atoms with Crippen molar-refractivity contribution in [3.8, 4) is 0 Å². The van der Waals surface area contributed by atoms with Crippen LogP contribution in [0.4, 0.5) is 11.6 Å². The molecule has 0 aliphatic rings. The lowest BCUT2D eigenvalue weighted by atomic mass is 10.1. The van der Waals surface area contributed by atoms with E-state index in [-0.39, 0.29) is 5.91 Å². The molecule has 0 unspecified atom stereocenters. The maximum absolute atomic E-state index is 12.3. The molecule has 136 valence electrons. The summed E-state index contributed by atoms with van der Waals surface area (Å²) in [4.78, 5) is 27.4. The topological polar surface area (TPSA) is 71.0 Å². The normalized spacial score (nSPS) is 11.1. The second kappa shape index (κ2) is 6.59. The lowest BCUT2D eigenvalue weighted by Crippen LogP contribution is -2.21. The summed E-state index contributed by atoms with van der Waals surface area (Å²) in [7, 11) is 3.45. The molecule has 1 amide bonds. The number of aryl methyl sites for hydroxylation is 2. The Morgan fingerprint density at radius 1 is 1.07 bits per heavy atom. The summed E-state index contributed by atoms with van der Waals surface area (Å²) in [6.07, 6.45) is 1.79. The number of hydrogen-bond donors (Lipinski definition) is 1. The van der Waals surface area contributed by atoms with Crippen molar-refractivity contribution in [2.75, 3.05) is 19.4 Å². The van der Waals surface area contributed by atoms with Gasteiger partial charge in [-0.25, -0.2) is 15.0 Å². The maximum atomic E-state index is 12.3. The molecule has 0 saturated carbocycles. The third kappa shape index (κ3) is 3.33. The van der Waals surface area contributed by atoms with Crippen LogP contribution in [0.25, 0.3) is 21.1 Å². The van der Waals surface area contributed by atoms with E-state index in [4.69, 9.17) is 4.98 Å². The summed E-state index contributed by atoms with van der Waals surface area (Å²) in [5.74, 6) is 0.417. The van der Waals surface area contributed by atoms with Gasteiger partial charge in [-0.1, -0.05) is 6.07 Å². The lowest BCUT2D eigenvalue weighted by molar-refractivity contribution is 0.0827. The molecular weight excluding hydrogens is 358 g/mol. The van der Waals surface area contributed by atoms with Gasteiger partial charge in [0.2, 0.25) is 5.95 Å². The minimum Gasteiger partial charge on any atom is -0.343 e. The Labute approximate surface area is 160 Å². The predicted molar refractivity (Wildman–Crippen MR) is 110 cm³/mol. The smallest absolute Gasteiger partial charge is 0.282 e. The van der Waals surface area contributed by atoms with Crippen molar-refractivity contribution < 1.29 is 4.79 Å². The number of nitrogens with zero attached hydrogens (tertiary/aromatic N) is 4. The number of carbonyl (C=O) groups excluding carboxylic acids is 1. The fourth-order valence-corrected chi connectivity index (χ4v) is 4.08. The Morgan fingerprint density at radius 2 is 1.81 bits per heavy atom. The van der Waals surface area contributed by atoms with Gasteiger partial charge in [0.1, 0.15) is 0 Å². The number of rotatable bonds is 3. The quantitative estimate of drug-likeness (QED) is 0.576. The molecule has 1 N–H and O–H groups in total. The number of fused-ring (bicyclic) bond motifs is 3. The molecule has 0 atom stereocenters. The summed E-state index contributed by atoms with van der Waals surface area (Å²) < 4.78 is 0.892. The summed E-state index contributed by atoms with van der Waals surface area (Å²) >= 11 is 1.36. The molecular formula is C20H19N5OS. The number of anilines is 2. The van der Waals surface area contributed by atoms with E-state index in [1.54, 1.807) is 20.3 Å². The van der Waals surface area contributed by atoms with Crippen LogP contribution >= 0.6 is 11.3 Å². The Kier molecular flexibility index (Phi) is 4.24. The average molecular weight is 377 g/mol. The van der Waals surface area contributed by atoms with E-state index in [0.717, 1.165) is 26.8 Å². The van der Waals surface area contributed by atoms with E-state index in [9.17, 15) is 4.79 Å². The van der Waals surface area contributed by atoms with Gasteiger partial charge in [0, 0.05) is 31.4 Å². The van der Waals surface area contributed by atoms with E-state index in [1.165, 1.54) is 27.4 Å². The zero-order chi connectivity index (χ0) is 19.1. The molecule has 0 radical (unpaired) electrons. The van der Waals surface area contributed by atoms with Crippen molar-refractivity contribution in [2.45, 2.75) is 13.8 Å². The lowest BCUT2D eigenvalue weighted by Gasteiger charge is -2.08. The first-order valence-corrected chi connectivity index (χ1v) is 9.35. The SMILES string of the molecule is Cc1cc(C)cc(Nc2ncc3ccc4nc(C(=O)N(C)C)sc4c3n2)c1. The molecule has 2 aromatic heterocycles. The van der Waals surface area contributed by atoms with Crippen LogP contribution in [-0.4, -0.2) is 39.9 Å². The number of carbonyl (C=O) groups is 1. The Hall–Kier alpha value is -3.06. The molecule has 7 heteroatoms. The zero-order valence-corrected chi connectivity index (χ0v) is 16.4. The molecule has 6 nitrogen and oxygen atoms in total. The van der Waals surface area contributed by atoms with Gasteiger partial charge in [-0.2, -0.15) is 0 Å². The minimum atomic E-state index is -0.105. The molecule has 0 aliphatic heterocycles. The van der Waals surface area contributed by atoms with E-state index in [0.29, 0.717) is 11.0 Å². The molecule has 0 aliphatic carbocycles. The van der Waals surface area contributed by atoms with E-state index in [1.807, 2.05) is 12.1 Å². The monoisotopic (exact) mass is 377 g/mol. The van der Waals surface area contributed by atoms with Crippen molar-refractivity contribution >= 4 is 50.0 Å². The first-order valence-electron chi connectivity index (χ1n) is 8.54. The van der Waals surface area contributed by atoms with Gasteiger partial charge in [-0.05, 0) is 49.2 Å². The molecule has 0 bridgehead atoms. The molecule has 4 rings (SSSR count). The Balaban J connectivity index is 1.80. The fraction of sp³-hybridized carbons (Fsp3) is 0.200. The van der Waals surface area contributed by atoms with Gasteiger partial charge in [-0.15, -0.1) is 11.3 Å². The third-order valence-corrected chi connectivity index (χ3v) is 5.24. The molecule has 4 aromatic rings. The van der Waals surface area contributed by atoms with Crippen LogP contribution < -0.4 is 5.32 Å². The second-order valence-electron chi connectivity index (χ2n) is 6.77. The molecule has 0 fully saturated rings. The predicted octanol–water partition coefficient (Wildman–Crippen LogP) is 4.30. The zero-order valence-electron chi connectivity index (χ0n) is 15.6. The van der Waals surface area contributed by atoms with Gasteiger partial charge in [0.25, 0.3) is 5.91 Å². The first kappa shape index (κ1) is 17.4. The van der Waals surface area contributed by atoms with Crippen LogP contribution in [0, 0.1) is 13.8 Å². The summed E-state index contributed by atoms with van der Waals surface area (Å²) in [5, 5.41) is 4.66. The molecule has 0 saturated heterocycles. The van der Waals surface area contributed by atoms with Crippen LogP contribution in [-0.2, 0) is 0 Å². The van der Waals surface area contributed by atoms with E-state index < -0.39 is 0 Å². The summed E-state index contributed by atoms with van der Waals surface area (Å²) in [5.41, 5.74) is 4.87. The molecule has 27 heavy (non-hydrogen) atoms. The number of thiazole rings is 1. The van der Waals surface area contributed by atoms with Crippen LogP contribution in [0.1, 0.15) is 20.9 Å². The highest BCUT2D eigenvalue weighted by Crippen LogP contribution is 2.30. The van der Waals surface area contributed by atoms with Crippen LogP contribution in [0.15, 0.2) is 36.5 Å². The first-order chi connectivity index (χ1) is 12.9. The molecule has 2 aromatic carbocycles. The number of amides is 1. The maximum Gasteiger partial charge on any atom is 0.282 e. The Bertz CT molecular complexity index is 1160. The van der Waals surface area contributed by atoms with Gasteiger partial charge in [-0.3, -0.25) is 4.79 Å². The van der Waals surface area contributed by atoms with Gasteiger partial charge >= 0.3 is 0 Å². The number of nitrogens with one attached hydrogen (secondary N) is 1. The van der Waals surface area contributed by atoms with Crippen molar-refractivity contribution in [3.05, 3.63) is 52.7 Å². The minimum absolute atomic E-state index is 0.105. The summed E-state index contributed by atoms with van der Waals surface area (Å²) in [6.45, 7) is 4.12. The molecule has 2 heterocycles. The van der Waals surface area contributed by atoms with E-state index >= 15 is 0 Å². The highest BCUT2D eigenvalue weighted by molar-refractivity contribution is 7.21. The van der Waals surface area contributed by atoms with Crippen LogP contribution in [0.2, 0.25) is 0 Å². The van der Waals surface area contributed by atoms with Gasteiger partial charge < -0.3 is 10.2 Å². The largest absolute Gasteiger partial charge is 0.343 e. The Morgan fingerprint density at radius 3 is 2.52 bits per heavy atom. The third-order valence-electron chi connectivity index (χ3n) is 4.17. The van der Waals surface area contributed by atoms with Crippen molar-refractivity contribution in [1.29, 1.82) is 0 Å². The van der Waals surface area contributed by atoms with Crippen molar-refractivity contribution in [3.63, 3.8) is 0 Å². The summed E-state index contributed by atoms with van der Waals surface area (Å²) in [6, 6.07) is 10.1. The highest BCUT2D eigenvalue weighted by Gasteiger charge is 2.16.